The third-order valence-electron chi connectivity index (χ3n) is 3.06. The van der Waals surface area contributed by atoms with Crippen LogP contribution in [0.25, 0.3) is 22.4 Å². The molecule has 0 aliphatic carbocycles. The molecule has 1 heterocycles. The summed E-state index contributed by atoms with van der Waals surface area (Å²) in [5, 5.41) is 7.26. The molecular weight excluding hydrogens is 220 g/mol. The first kappa shape index (κ1) is 10.8. The van der Waals surface area contributed by atoms with Crippen LogP contribution >= 0.6 is 0 Å². The predicted octanol–water partition coefficient (Wildman–Crippen LogP) is 4.05. The molecule has 0 aliphatic heterocycles. The van der Waals surface area contributed by atoms with Gasteiger partial charge in [0.2, 0.25) is 0 Å². The van der Waals surface area contributed by atoms with Crippen LogP contribution in [0.1, 0.15) is 5.56 Å². The molecule has 2 nitrogen and oxygen atoms in total. The minimum Gasteiger partial charge on any atom is -0.277 e. The lowest BCUT2D eigenvalue weighted by Crippen LogP contribution is -1.82. The molecule has 1 N–H and O–H groups in total. The third-order valence-corrected chi connectivity index (χ3v) is 3.06. The highest BCUT2D eigenvalue weighted by atomic mass is 15.1. The number of aromatic nitrogens is 2. The van der Waals surface area contributed by atoms with E-state index in [1.54, 1.807) is 0 Å². The van der Waals surface area contributed by atoms with Crippen molar-refractivity contribution in [3.05, 3.63) is 66.4 Å². The Labute approximate surface area is 106 Å². The van der Waals surface area contributed by atoms with Crippen molar-refractivity contribution in [1.82, 2.24) is 10.2 Å². The first-order chi connectivity index (χ1) is 8.84. The van der Waals surface area contributed by atoms with Crippen molar-refractivity contribution >= 4 is 0 Å². The average Bonchev–Trinajstić information content (AvgIpc) is 2.90. The molecule has 1 aromatic heterocycles. The molecule has 0 saturated carbocycles. The van der Waals surface area contributed by atoms with E-state index < -0.39 is 0 Å². The molecule has 2 aromatic carbocycles. The number of nitrogens with zero attached hydrogens (tertiary/aromatic N) is 1. The fourth-order valence-electron chi connectivity index (χ4n) is 2.06. The zero-order valence-electron chi connectivity index (χ0n) is 10.2. The fraction of sp³-hybridized carbons (Fsp3) is 0.0625. The maximum Gasteiger partial charge on any atom is 0.0728 e. The Bertz CT molecular complexity index is 636. The van der Waals surface area contributed by atoms with Crippen LogP contribution in [-0.4, -0.2) is 10.2 Å². The lowest BCUT2D eigenvalue weighted by molar-refractivity contribution is 1.10. The minimum absolute atomic E-state index is 1.07. The second kappa shape index (κ2) is 4.49. The molecule has 88 valence electrons. The van der Waals surface area contributed by atoms with E-state index in [0.29, 0.717) is 0 Å². The van der Waals surface area contributed by atoms with Crippen molar-refractivity contribution in [3.63, 3.8) is 0 Å². The van der Waals surface area contributed by atoms with Crippen molar-refractivity contribution in [2.45, 2.75) is 6.92 Å². The highest BCUT2D eigenvalue weighted by Crippen LogP contribution is 2.29. The topological polar surface area (TPSA) is 28.7 Å². The summed E-state index contributed by atoms with van der Waals surface area (Å²) in [6.45, 7) is 2.09. The van der Waals surface area contributed by atoms with Gasteiger partial charge in [0.25, 0.3) is 0 Å². The molecule has 3 aromatic rings. The fourth-order valence-corrected chi connectivity index (χ4v) is 2.06. The van der Waals surface area contributed by atoms with E-state index in [4.69, 9.17) is 0 Å². The first-order valence-corrected chi connectivity index (χ1v) is 6.00. The van der Waals surface area contributed by atoms with Crippen molar-refractivity contribution in [2.24, 2.45) is 0 Å². The van der Waals surface area contributed by atoms with Gasteiger partial charge in [0, 0.05) is 11.1 Å². The Morgan fingerprint density at radius 3 is 2.28 bits per heavy atom. The van der Waals surface area contributed by atoms with E-state index in [2.05, 4.69) is 53.5 Å². The highest BCUT2D eigenvalue weighted by Gasteiger charge is 2.08. The van der Waals surface area contributed by atoms with Crippen LogP contribution < -0.4 is 0 Å². The number of benzene rings is 2. The van der Waals surface area contributed by atoms with E-state index in [1.165, 1.54) is 11.1 Å². The van der Waals surface area contributed by atoms with Gasteiger partial charge in [-0.15, -0.1) is 0 Å². The number of hydrogen-bond acceptors (Lipinski definition) is 1. The van der Waals surface area contributed by atoms with Crippen LogP contribution in [0.2, 0.25) is 0 Å². The quantitative estimate of drug-likeness (QED) is 0.712. The second-order valence-electron chi connectivity index (χ2n) is 4.39. The zero-order valence-corrected chi connectivity index (χ0v) is 10.2. The molecule has 2 heteroatoms. The summed E-state index contributed by atoms with van der Waals surface area (Å²) < 4.78 is 0. The van der Waals surface area contributed by atoms with E-state index in [0.717, 1.165) is 16.8 Å². The van der Waals surface area contributed by atoms with Crippen LogP contribution in [-0.2, 0) is 0 Å². The average molecular weight is 234 g/mol. The van der Waals surface area contributed by atoms with Crippen LogP contribution in [0.15, 0.2) is 60.8 Å². The molecule has 0 bridgehead atoms. The summed E-state index contributed by atoms with van der Waals surface area (Å²) >= 11 is 0. The predicted molar refractivity (Wildman–Crippen MR) is 74.2 cm³/mol. The van der Waals surface area contributed by atoms with Gasteiger partial charge in [-0.25, -0.2) is 0 Å². The van der Waals surface area contributed by atoms with Gasteiger partial charge in [0.15, 0.2) is 0 Å². The molecule has 0 saturated heterocycles. The van der Waals surface area contributed by atoms with Gasteiger partial charge in [0.05, 0.1) is 11.9 Å². The van der Waals surface area contributed by atoms with Crippen molar-refractivity contribution < 1.29 is 0 Å². The molecule has 0 unspecified atom stereocenters. The van der Waals surface area contributed by atoms with Crippen molar-refractivity contribution in [3.8, 4) is 22.4 Å². The van der Waals surface area contributed by atoms with E-state index >= 15 is 0 Å². The lowest BCUT2D eigenvalue weighted by Gasteiger charge is -2.04. The molecule has 0 aliphatic rings. The molecule has 0 spiro atoms. The summed E-state index contributed by atoms with van der Waals surface area (Å²) in [5.74, 6) is 0. The summed E-state index contributed by atoms with van der Waals surface area (Å²) in [6, 6.07) is 18.8. The maximum absolute atomic E-state index is 4.17. The summed E-state index contributed by atoms with van der Waals surface area (Å²) in [4.78, 5) is 0. The monoisotopic (exact) mass is 234 g/mol. The number of nitrogens with one attached hydrogen (secondary N) is 1. The number of H-pyrrole nitrogens is 1. The second-order valence-corrected chi connectivity index (χ2v) is 4.39. The Morgan fingerprint density at radius 1 is 0.833 bits per heavy atom. The summed E-state index contributed by atoms with van der Waals surface area (Å²) in [5.41, 5.74) is 5.82. The molecule has 18 heavy (non-hydrogen) atoms. The van der Waals surface area contributed by atoms with Gasteiger partial charge in [0.1, 0.15) is 0 Å². The van der Waals surface area contributed by atoms with Gasteiger partial charge < -0.3 is 0 Å². The van der Waals surface area contributed by atoms with E-state index in [9.17, 15) is 0 Å². The lowest BCUT2D eigenvalue weighted by atomic mass is 10.0. The van der Waals surface area contributed by atoms with Crippen LogP contribution in [0.3, 0.4) is 0 Å². The Hall–Kier alpha value is -2.35. The van der Waals surface area contributed by atoms with E-state index in [1.807, 2.05) is 24.4 Å². The largest absolute Gasteiger partial charge is 0.277 e. The van der Waals surface area contributed by atoms with Gasteiger partial charge >= 0.3 is 0 Å². The normalized spacial score (nSPS) is 10.5. The standard InChI is InChI=1S/C16H14N2/c1-12-7-9-13(10-8-12)15-11-17-18-16(15)14-5-3-2-4-6-14/h2-11H,1H3,(H,17,18). The molecule has 3 rings (SSSR count). The van der Waals surface area contributed by atoms with Crippen LogP contribution in [0.4, 0.5) is 0 Å². The Balaban J connectivity index is 2.10. The van der Waals surface area contributed by atoms with Crippen LogP contribution in [0, 0.1) is 6.92 Å². The summed E-state index contributed by atoms with van der Waals surface area (Å²) in [6.07, 6.45) is 1.88. The van der Waals surface area contributed by atoms with Gasteiger partial charge in [-0.1, -0.05) is 60.2 Å². The SMILES string of the molecule is Cc1ccc(-c2cn[nH]c2-c2ccccc2)cc1. The van der Waals surface area contributed by atoms with Crippen molar-refractivity contribution in [1.29, 1.82) is 0 Å². The number of hydrogen-bond donors (Lipinski definition) is 1. The molecule has 0 atom stereocenters. The van der Waals surface area contributed by atoms with Gasteiger partial charge in [-0.05, 0) is 12.5 Å². The number of rotatable bonds is 2. The molecule has 0 radical (unpaired) electrons. The maximum atomic E-state index is 4.17. The van der Waals surface area contributed by atoms with Crippen LogP contribution in [0.5, 0.6) is 0 Å². The smallest absolute Gasteiger partial charge is 0.0728 e. The Morgan fingerprint density at radius 2 is 1.56 bits per heavy atom. The first-order valence-electron chi connectivity index (χ1n) is 6.00. The third kappa shape index (κ3) is 1.93. The van der Waals surface area contributed by atoms with Crippen molar-refractivity contribution in [2.75, 3.05) is 0 Å². The summed E-state index contributed by atoms with van der Waals surface area (Å²) in [7, 11) is 0. The molecular formula is C16H14N2. The van der Waals surface area contributed by atoms with Gasteiger partial charge in [-0.3, -0.25) is 5.10 Å². The zero-order chi connectivity index (χ0) is 12.4. The molecule has 0 amide bonds. The van der Waals surface area contributed by atoms with E-state index in [-0.39, 0.29) is 0 Å². The van der Waals surface area contributed by atoms with Gasteiger partial charge in [-0.2, -0.15) is 5.10 Å². The molecule has 0 fully saturated rings. The minimum atomic E-state index is 1.07. The number of aromatic amines is 1. The number of aryl methyl sites for hydroxylation is 1. The Kier molecular flexibility index (Phi) is 2.69. The highest BCUT2D eigenvalue weighted by molar-refractivity contribution is 5.80.